The molecule has 3 heterocycles. The van der Waals surface area contributed by atoms with Crippen molar-refractivity contribution >= 4 is 39.0 Å². The molecule has 0 atom stereocenters. The number of nitrogens with one attached hydrogen (secondary N) is 2. The second-order valence-corrected chi connectivity index (χ2v) is 12.3. The molecule has 2 aromatic carbocycles. The summed E-state index contributed by atoms with van der Waals surface area (Å²) in [6.45, 7) is 6.27. The van der Waals surface area contributed by atoms with Gasteiger partial charge in [-0.25, -0.2) is 9.67 Å². The van der Waals surface area contributed by atoms with E-state index in [1.165, 1.54) is 7.11 Å². The zero-order valence-corrected chi connectivity index (χ0v) is 27.4. The molecule has 1 saturated heterocycles. The van der Waals surface area contributed by atoms with Gasteiger partial charge in [0.25, 0.3) is 5.91 Å². The number of benzene rings is 2. The average molecular weight is 667 g/mol. The Balaban J connectivity index is 0.00000500. The first-order chi connectivity index (χ1) is 22.0. The summed E-state index contributed by atoms with van der Waals surface area (Å²) in [5.74, 6) is -0.150. The minimum Gasteiger partial charge on any atom is -0.494 e. The Morgan fingerprint density at radius 2 is 1.83 bits per heavy atom. The van der Waals surface area contributed by atoms with Gasteiger partial charge in [0.2, 0.25) is 5.95 Å². The molecule has 0 bridgehead atoms. The number of nitrogens with zero attached hydrogens (tertiary/aromatic N) is 6. The number of anilines is 4. The monoisotopic (exact) mass is 666 g/mol. The Morgan fingerprint density at radius 3 is 2.49 bits per heavy atom. The molecule has 4 N–H and O–H groups in total. The van der Waals surface area contributed by atoms with Crippen molar-refractivity contribution in [1.82, 2.24) is 24.6 Å². The molecular weight excluding hydrogens is 628 g/mol. The van der Waals surface area contributed by atoms with Crippen LogP contribution >= 0.6 is 0 Å². The van der Waals surface area contributed by atoms with Crippen LogP contribution in [-0.2, 0) is 30.4 Å². The number of hydrogen-bond donors (Lipinski definition) is 2. The Bertz CT molecular complexity index is 1820. The first-order valence-corrected chi connectivity index (χ1v) is 16.2. The maximum Gasteiger partial charge on any atom is 0.306 e. The van der Waals surface area contributed by atoms with Crippen molar-refractivity contribution in [2.45, 2.75) is 6.54 Å². The van der Waals surface area contributed by atoms with Gasteiger partial charge in [0.15, 0.2) is 11.6 Å². The van der Waals surface area contributed by atoms with Crippen LogP contribution in [-0.4, -0.2) is 98.2 Å². The third-order valence-electron chi connectivity index (χ3n) is 6.87. The van der Waals surface area contributed by atoms with E-state index < -0.39 is 21.8 Å². The number of morpholine rings is 1. The van der Waals surface area contributed by atoms with Crippen LogP contribution in [0.5, 0.6) is 5.75 Å². The fourth-order valence-corrected chi connectivity index (χ4v) is 5.34. The van der Waals surface area contributed by atoms with Gasteiger partial charge in [-0.1, -0.05) is 30.3 Å². The molecule has 2 aromatic heterocycles. The molecule has 0 saturated carbocycles. The summed E-state index contributed by atoms with van der Waals surface area (Å²) in [5, 5.41) is 10.8. The Kier molecular flexibility index (Phi) is 11.1. The molecule has 0 radical (unpaired) electrons. The van der Waals surface area contributed by atoms with E-state index in [1.807, 2.05) is 55.5 Å². The summed E-state index contributed by atoms with van der Waals surface area (Å²) in [7, 11) is 1.59. The van der Waals surface area contributed by atoms with Gasteiger partial charge in [-0.2, -0.15) is 18.5 Å². The molecule has 16 heteroatoms. The molecule has 0 unspecified atom stereocenters. The molecule has 47 heavy (non-hydrogen) atoms. The molecule has 1 aliphatic rings. The van der Waals surface area contributed by atoms with Gasteiger partial charge < -0.3 is 39.6 Å². The Hall–Kier alpha value is -5.03. The van der Waals surface area contributed by atoms with Crippen LogP contribution < -0.4 is 20.3 Å². The quantitative estimate of drug-likeness (QED) is 0.128. The van der Waals surface area contributed by atoms with Crippen LogP contribution in [0.1, 0.15) is 5.56 Å². The predicted molar refractivity (Wildman–Crippen MR) is 179 cm³/mol. The van der Waals surface area contributed by atoms with E-state index in [4.69, 9.17) is 23.7 Å². The van der Waals surface area contributed by atoms with E-state index >= 15 is 0 Å². The van der Waals surface area contributed by atoms with Crippen LogP contribution in [0.25, 0.3) is 17.1 Å². The number of aromatic nitrogens is 4. The molecule has 1 fully saturated rings. The normalized spacial score (nSPS) is 13.1. The zero-order valence-electron chi connectivity index (χ0n) is 26.6. The van der Waals surface area contributed by atoms with Gasteiger partial charge >= 0.3 is 10.1 Å². The lowest BCUT2D eigenvalue weighted by atomic mass is 10.1. The number of rotatable bonds is 12. The number of carbonyl (C=O) groups is 1. The third-order valence-corrected chi connectivity index (χ3v) is 7.37. The molecular formula is C31H38N8O7S. The molecule has 0 spiro atoms. The largest absolute Gasteiger partial charge is 0.494 e. The van der Waals surface area contributed by atoms with Crippen LogP contribution in [0.2, 0.25) is 0 Å². The van der Waals surface area contributed by atoms with Crippen molar-refractivity contribution in [3.05, 3.63) is 78.8 Å². The molecule has 0 aliphatic carbocycles. The minimum absolute atomic E-state index is 0. The first kappa shape index (κ1) is 34.8. The lowest BCUT2D eigenvalue weighted by Gasteiger charge is -2.31. The summed E-state index contributed by atoms with van der Waals surface area (Å²) in [6.07, 6.45) is 4.40. The third kappa shape index (κ3) is 8.82. The molecule has 15 nitrogen and oxygen atoms in total. The van der Waals surface area contributed by atoms with Gasteiger partial charge in [0.05, 0.1) is 49.3 Å². The Labute approximate surface area is 273 Å². The summed E-state index contributed by atoms with van der Waals surface area (Å²) >= 11 is 0. The van der Waals surface area contributed by atoms with E-state index in [-0.39, 0.29) is 11.4 Å². The van der Waals surface area contributed by atoms with Crippen LogP contribution in [0.15, 0.2) is 73.3 Å². The number of amides is 1. The lowest BCUT2D eigenvalue weighted by molar-refractivity contribution is -0.114. The number of carbonyl (C=O) groups excluding carboxylic acids is 1. The lowest BCUT2D eigenvalue weighted by Crippen LogP contribution is -2.37. The SMILES string of the molecule is C=C(OS(C)(=O)=O)C(=O)Nc1cc(Nc2nccc(-n3cc(CN(C)C)c(-c4ccccc4)n3)n2)c(OC)cc1N1CCOCC1.O. The number of methoxy groups -OCH3 is 1. The average Bonchev–Trinajstić information content (AvgIpc) is 3.44. The van der Waals surface area contributed by atoms with Crippen LogP contribution in [0.3, 0.4) is 0 Å². The number of ether oxygens (including phenoxy) is 2. The standard InChI is InChI=1S/C31H36N8O6S.H2O/c1-21(45-46(5,41)42)30(40)33-24-17-25(27(43-4)18-26(24)38-13-15-44-16-14-38)34-31-32-12-11-28(35-31)39-20-23(19-37(2)3)29(36-39)22-9-7-6-8-10-22;/h6-12,17-18,20H,1,13-16,19H2,2-5H3,(H,33,40)(H,32,34,35);1H2. The molecule has 1 aliphatic heterocycles. The maximum atomic E-state index is 12.9. The van der Waals surface area contributed by atoms with E-state index in [0.29, 0.717) is 61.5 Å². The highest BCUT2D eigenvalue weighted by molar-refractivity contribution is 7.86. The minimum atomic E-state index is -3.95. The van der Waals surface area contributed by atoms with Crippen molar-refractivity contribution < 1.29 is 32.3 Å². The maximum absolute atomic E-state index is 12.9. The predicted octanol–water partition coefficient (Wildman–Crippen LogP) is 2.58. The summed E-state index contributed by atoms with van der Waals surface area (Å²) in [4.78, 5) is 26.1. The molecule has 1 amide bonds. The van der Waals surface area contributed by atoms with Gasteiger partial charge in [-0.05, 0) is 26.7 Å². The molecule has 250 valence electrons. The van der Waals surface area contributed by atoms with Crippen LogP contribution in [0, 0.1) is 0 Å². The van der Waals surface area contributed by atoms with E-state index in [0.717, 1.165) is 23.1 Å². The highest BCUT2D eigenvalue weighted by atomic mass is 32.2. The van der Waals surface area contributed by atoms with Crippen LogP contribution in [0.4, 0.5) is 23.0 Å². The van der Waals surface area contributed by atoms with Crippen molar-refractivity contribution in [2.24, 2.45) is 0 Å². The van der Waals surface area contributed by atoms with E-state index in [1.54, 1.807) is 29.1 Å². The van der Waals surface area contributed by atoms with Gasteiger partial charge in [-0.15, -0.1) is 0 Å². The smallest absolute Gasteiger partial charge is 0.306 e. The second-order valence-electron chi connectivity index (χ2n) is 10.7. The number of hydrogen-bond acceptors (Lipinski definition) is 12. The van der Waals surface area contributed by atoms with Crippen molar-refractivity contribution in [3.8, 4) is 22.8 Å². The van der Waals surface area contributed by atoms with Crippen molar-refractivity contribution in [2.75, 3.05) is 69.3 Å². The summed E-state index contributed by atoms with van der Waals surface area (Å²) in [6, 6.07) is 15.1. The van der Waals surface area contributed by atoms with Crippen molar-refractivity contribution in [1.29, 1.82) is 0 Å². The van der Waals surface area contributed by atoms with E-state index in [2.05, 4.69) is 27.1 Å². The van der Waals surface area contributed by atoms with Gasteiger partial charge in [0.1, 0.15) is 5.75 Å². The summed E-state index contributed by atoms with van der Waals surface area (Å²) in [5.41, 5.74) is 4.32. The van der Waals surface area contributed by atoms with Gasteiger partial charge in [-0.3, -0.25) is 4.79 Å². The van der Waals surface area contributed by atoms with Gasteiger partial charge in [0, 0.05) is 55.3 Å². The second kappa shape index (κ2) is 15.0. The summed E-state index contributed by atoms with van der Waals surface area (Å²) < 4.78 is 40.8. The highest BCUT2D eigenvalue weighted by Gasteiger charge is 2.23. The topological polar surface area (TPSA) is 185 Å². The fourth-order valence-electron chi connectivity index (χ4n) is 4.89. The van der Waals surface area contributed by atoms with E-state index in [9.17, 15) is 13.2 Å². The highest BCUT2D eigenvalue weighted by Crippen LogP contribution is 2.39. The zero-order chi connectivity index (χ0) is 32.8. The molecule has 5 rings (SSSR count). The fraction of sp³-hybridized carbons (Fsp3) is 0.290. The molecule has 4 aromatic rings. The first-order valence-electron chi connectivity index (χ1n) is 14.3. The Morgan fingerprint density at radius 1 is 1.11 bits per heavy atom. The van der Waals surface area contributed by atoms with Crippen molar-refractivity contribution in [3.63, 3.8) is 0 Å².